The maximum atomic E-state index is 13.0. The molecule has 0 saturated carbocycles. The van der Waals surface area contributed by atoms with Gasteiger partial charge in [-0.1, -0.05) is 6.07 Å². The normalized spacial score (nSPS) is 11.1. The number of pyridine rings is 1. The van der Waals surface area contributed by atoms with E-state index in [-0.39, 0.29) is 5.82 Å². The van der Waals surface area contributed by atoms with Crippen LogP contribution in [0.2, 0.25) is 0 Å². The van der Waals surface area contributed by atoms with Crippen molar-refractivity contribution in [2.75, 3.05) is 0 Å². The van der Waals surface area contributed by atoms with Gasteiger partial charge in [-0.2, -0.15) is 0 Å². The Balaban J connectivity index is 2.30. The molecule has 0 aliphatic carbocycles. The number of rotatable bonds is 1. The van der Waals surface area contributed by atoms with Gasteiger partial charge in [0.1, 0.15) is 11.5 Å². The van der Waals surface area contributed by atoms with Crippen LogP contribution in [0.25, 0.3) is 16.9 Å². The highest BCUT2D eigenvalue weighted by atomic mass is 19.1. The fraction of sp³-hybridized carbons (Fsp3) is 0.133. The monoisotopic (exact) mass is 240 g/mol. The summed E-state index contributed by atoms with van der Waals surface area (Å²) in [6.07, 6.45) is 2.05. The minimum atomic E-state index is -0.221. The van der Waals surface area contributed by atoms with Crippen molar-refractivity contribution in [3.63, 3.8) is 0 Å². The first-order valence-corrected chi connectivity index (χ1v) is 5.86. The highest BCUT2D eigenvalue weighted by molar-refractivity contribution is 5.67. The van der Waals surface area contributed by atoms with E-state index >= 15 is 0 Å². The Morgan fingerprint density at radius 2 is 1.72 bits per heavy atom. The number of aromatic nitrogens is 2. The number of benzene rings is 1. The molecule has 0 aliphatic rings. The van der Waals surface area contributed by atoms with Crippen LogP contribution in [0.3, 0.4) is 0 Å². The largest absolute Gasteiger partial charge is 0.299 e. The molecule has 3 heteroatoms. The number of hydrogen-bond donors (Lipinski definition) is 0. The number of halogens is 1. The molecule has 0 radical (unpaired) electrons. The molecule has 0 fully saturated rings. The molecule has 2 nitrogen and oxygen atoms in total. The Morgan fingerprint density at radius 3 is 2.44 bits per heavy atom. The molecule has 0 N–H and O–H groups in total. The maximum Gasteiger partial charge on any atom is 0.137 e. The lowest BCUT2D eigenvalue weighted by molar-refractivity contribution is 0.628. The quantitative estimate of drug-likeness (QED) is 0.633. The summed E-state index contributed by atoms with van der Waals surface area (Å²) in [6.45, 7) is 4.02. The lowest BCUT2D eigenvalue weighted by Crippen LogP contribution is -1.90. The maximum absolute atomic E-state index is 13.0. The molecule has 3 aromatic rings. The van der Waals surface area contributed by atoms with Crippen molar-refractivity contribution >= 4 is 5.65 Å². The molecule has 90 valence electrons. The van der Waals surface area contributed by atoms with E-state index in [1.165, 1.54) is 17.7 Å². The van der Waals surface area contributed by atoms with Gasteiger partial charge < -0.3 is 0 Å². The van der Waals surface area contributed by atoms with Crippen LogP contribution in [-0.4, -0.2) is 9.38 Å². The van der Waals surface area contributed by atoms with Gasteiger partial charge in [0.25, 0.3) is 0 Å². The van der Waals surface area contributed by atoms with E-state index in [1.807, 2.05) is 32.2 Å². The number of hydrogen-bond acceptors (Lipinski definition) is 1. The second kappa shape index (κ2) is 3.95. The Labute approximate surface area is 105 Å². The highest BCUT2D eigenvalue weighted by Crippen LogP contribution is 2.25. The zero-order valence-electron chi connectivity index (χ0n) is 10.3. The summed E-state index contributed by atoms with van der Waals surface area (Å²) in [5.41, 5.74) is 5.04. The average molecular weight is 240 g/mol. The standard InChI is InChI=1S/C15H13FN2/c1-10-3-8-14-17-11(2)15(18(14)9-10)12-4-6-13(16)7-5-12/h3-9H,1-2H3. The zero-order chi connectivity index (χ0) is 12.7. The van der Waals surface area contributed by atoms with E-state index in [1.54, 1.807) is 12.1 Å². The third-order valence-corrected chi connectivity index (χ3v) is 3.06. The van der Waals surface area contributed by atoms with Crippen LogP contribution in [0, 0.1) is 19.7 Å². The molecule has 0 spiro atoms. The van der Waals surface area contributed by atoms with Crippen molar-refractivity contribution < 1.29 is 4.39 Å². The molecule has 0 amide bonds. The average Bonchev–Trinajstić information content (AvgIpc) is 2.66. The van der Waals surface area contributed by atoms with Gasteiger partial charge in [0.15, 0.2) is 0 Å². The second-order valence-electron chi connectivity index (χ2n) is 4.49. The number of fused-ring (bicyclic) bond motifs is 1. The molecule has 0 aliphatic heterocycles. The summed E-state index contributed by atoms with van der Waals surface area (Å²) in [5, 5.41) is 0. The van der Waals surface area contributed by atoms with E-state index in [9.17, 15) is 4.39 Å². The van der Waals surface area contributed by atoms with Crippen molar-refractivity contribution in [1.29, 1.82) is 0 Å². The lowest BCUT2D eigenvalue weighted by atomic mass is 10.1. The van der Waals surface area contributed by atoms with Crippen molar-refractivity contribution in [2.24, 2.45) is 0 Å². The third kappa shape index (κ3) is 1.68. The van der Waals surface area contributed by atoms with Crippen LogP contribution in [0.5, 0.6) is 0 Å². The van der Waals surface area contributed by atoms with Gasteiger partial charge in [0, 0.05) is 11.8 Å². The molecular weight excluding hydrogens is 227 g/mol. The van der Waals surface area contributed by atoms with Crippen LogP contribution in [0.4, 0.5) is 4.39 Å². The van der Waals surface area contributed by atoms with Crippen LogP contribution >= 0.6 is 0 Å². The van der Waals surface area contributed by atoms with E-state index in [0.29, 0.717) is 0 Å². The van der Waals surface area contributed by atoms with Crippen LogP contribution < -0.4 is 0 Å². The highest BCUT2D eigenvalue weighted by Gasteiger charge is 2.10. The van der Waals surface area contributed by atoms with Crippen molar-refractivity contribution in [3.05, 3.63) is 59.7 Å². The van der Waals surface area contributed by atoms with Gasteiger partial charge >= 0.3 is 0 Å². The molecule has 0 unspecified atom stereocenters. The molecule has 1 aromatic carbocycles. The fourth-order valence-corrected chi connectivity index (χ4v) is 2.22. The Kier molecular flexibility index (Phi) is 2.40. The summed E-state index contributed by atoms with van der Waals surface area (Å²) in [6, 6.07) is 10.6. The molecule has 2 aromatic heterocycles. The second-order valence-corrected chi connectivity index (χ2v) is 4.49. The smallest absolute Gasteiger partial charge is 0.137 e. The molecule has 2 heterocycles. The summed E-state index contributed by atoms with van der Waals surface area (Å²) in [7, 11) is 0. The SMILES string of the molecule is Cc1ccc2nc(C)c(-c3ccc(F)cc3)n2c1. The summed E-state index contributed by atoms with van der Waals surface area (Å²) >= 11 is 0. The first-order valence-electron chi connectivity index (χ1n) is 5.86. The van der Waals surface area contributed by atoms with Crippen molar-refractivity contribution in [1.82, 2.24) is 9.38 Å². The van der Waals surface area contributed by atoms with Crippen LogP contribution in [0.15, 0.2) is 42.6 Å². The van der Waals surface area contributed by atoms with Gasteiger partial charge in [0.05, 0.1) is 11.4 Å². The van der Waals surface area contributed by atoms with Gasteiger partial charge in [-0.25, -0.2) is 9.37 Å². The third-order valence-electron chi connectivity index (χ3n) is 3.06. The van der Waals surface area contributed by atoms with Crippen molar-refractivity contribution in [2.45, 2.75) is 13.8 Å². The molecular formula is C15H13FN2. The Morgan fingerprint density at radius 1 is 1.00 bits per heavy atom. The zero-order valence-corrected chi connectivity index (χ0v) is 10.3. The predicted octanol–water partition coefficient (Wildman–Crippen LogP) is 3.76. The summed E-state index contributed by atoms with van der Waals surface area (Å²) in [5.74, 6) is -0.221. The minimum absolute atomic E-state index is 0.221. The molecule has 0 saturated heterocycles. The van der Waals surface area contributed by atoms with Gasteiger partial charge in [-0.15, -0.1) is 0 Å². The predicted molar refractivity (Wildman–Crippen MR) is 70.1 cm³/mol. The number of nitrogens with zero attached hydrogens (tertiary/aromatic N) is 2. The first kappa shape index (κ1) is 11.0. The topological polar surface area (TPSA) is 17.3 Å². The van der Waals surface area contributed by atoms with Gasteiger partial charge in [-0.3, -0.25) is 4.40 Å². The lowest BCUT2D eigenvalue weighted by Gasteiger charge is -2.04. The molecule has 18 heavy (non-hydrogen) atoms. The first-order chi connectivity index (χ1) is 8.65. The molecule has 0 bridgehead atoms. The van der Waals surface area contributed by atoms with Gasteiger partial charge in [-0.05, 0) is 49.7 Å². The molecule has 3 rings (SSSR count). The Bertz CT molecular complexity index is 711. The van der Waals surface area contributed by atoms with Crippen molar-refractivity contribution in [3.8, 4) is 11.3 Å². The van der Waals surface area contributed by atoms with E-state index in [4.69, 9.17) is 0 Å². The fourth-order valence-electron chi connectivity index (χ4n) is 2.22. The minimum Gasteiger partial charge on any atom is -0.299 e. The number of aryl methyl sites for hydroxylation is 2. The number of imidazole rings is 1. The summed E-state index contributed by atoms with van der Waals surface area (Å²) in [4.78, 5) is 4.52. The summed E-state index contributed by atoms with van der Waals surface area (Å²) < 4.78 is 15.0. The van der Waals surface area contributed by atoms with Crippen LogP contribution in [0.1, 0.15) is 11.3 Å². The van der Waals surface area contributed by atoms with E-state index < -0.39 is 0 Å². The Hall–Kier alpha value is -2.16. The van der Waals surface area contributed by atoms with Gasteiger partial charge in [0.2, 0.25) is 0 Å². The van der Waals surface area contributed by atoms with E-state index in [2.05, 4.69) is 9.38 Å². The van der Waals surface area contributed by atoms with E-state index in [0.717, 1.165) is 22.6 Å². The molecule has 0 atom stereocenters. The van der Waals surface area contributed by atoms with Crippen LogP contribution in [-0.2, 0) is 0 Å².